The first kappa shape index (κ1) is 12.4. The van der Waals surface area contributed by atoms with Crippen molar-refractivity contribution in [3.05, 3.63) is 53.6 Å². The highest BCUT2D eigenvalue weighted by Gasteiger charge is 2.20. The highest BCUT2D eigenvalue weighted by molar-refractivity contribution is 6.30. The lowest BCUT2D eigenvalue weighted by molar-refractivity contribution is 0.0686. The van der Waals surface area contributed by atoms with E-state index in [1.807, 2.05) is 0 Å². The Labute approximate surface area is 118 Å². The largest absolute Gasteiger partial charge is 0.476 e. The van der Waals surface area contributed by atoms with Crippen LogP contribution in [0.15, 0.2) is 42.9 Å². The first-order valence-electron chi connectivity index (χ1n) is 5.64. The zero-order valence-corrected chi connectivity index (χ0v) is 10.8. The lowest BCUT2D eigenvalue weighted by atomic mass is 10.4. The smallest absolute Gasteiger partial charge is 0.358 e. The van der Waals surface area contributed by atoms with Crippen molar-refractivity contribution in [2.45, 2.75) is 0 Å². The summed E-state index contributed by atoms with van der Waals surface area (Å²) in [5, 5.41) is 9.69. The molecular weight excluding hydrogens is 282 g/mol. The molecule has 0 aliphatic rings. The standard InChI is InChI=1S/C13H8ClN3O3/c14-8-5-9(7-15-6-8)20-12-11(13(18)19)17-4-2-1-3-10(17)16-12/h1-7H,(H,18,19). The van der Waals surface area contributed by atoms with Crippen LogP contribution in [0, 0.1) is 0 Å². The number of ether oxygens (including phenoxy) is 1. The Kier molecular flexibility index (Phi) is 3.00. The average molecular weight is 290 g/mol. The molecule has 0 atom stereocenters. The van der Waals surface area contributed by atoms with Crippen LogP contribution < -0.4 is 4.74 Å². The molecule has 6 nitrogen and oxygen atoms in total. The average Bonchev–Trinajstić information content (AvgIpc) is 2.76. The predicted octanol–water partition coefficient (Wildman–Crippen LogP) is 2.87. The van der Waals surface area contributed by atoms with E-state index in [0.717, 1.165) is 0 Å². The highest BCUT2D eigenvalue weighted by atomic mass is 35.5. The van der Waals surface area contributed by atoms with Crippen LogP contribution in [0.4, 0.5) is 0 Å². The monoisotopic (exact) mass is 289 g/mol. The molecule has 0 aliphatic carbocycles. The predicted molar refractivity (Wildman–Crippen MR) is 71.5 cm³/mol. The zero-order chi connectivity index (χ0) is 14.1. The number of imidazole rings is 1. The zero-order valence-electron chi connectivity index (χ0n) is 10.0. The van der Waals surface area contributed by atoms with Gasteiger partial charge in [-0.3, -0.25) is 9.38 Å². The normalized spacial score (nSPS) is 10.7. The summed E-state index contributed by atoms with van der Waals surface area (Å²) in [5.41, 5.74) is 0.426. The second-order valence-corrected chi connectivity index (χ2v) is 4.38. The topological polar surface area (TPSA) is 76.7 Å². The fraction of sp³-hybridized carbons (Fsp3) is 0. The van der Waals surface area contributed by atoms with Crippen molar-refractivity contribution in [2.24, 2.45) is 0 Å². The summed E-state index contributed by atoms with van der Waals surface area (Å²) in [6, 6.07) is 6.70. The van der Waals surface area contributed by atoms with E-state index < -0.39 is 5.97 Å². The van der Waals surface area contributed by atoms with Gasteiger partial charge in [0.05, 0.1) is 11.2 Å². The van der Waals surface area contributed by atoms with Gasteiger partial charge in [0.1, 0.15) is 11.4 Å². The van der Waals surface area contributed by atoms with Crippen molar-refractivity contribution < 1.29 is 14.6 Å². The summed E-state index contributed by atoms with van der Waals surface area (Å²) in [5.74, 6) is -0.815. The minimum Gasteiger partial charge on any atom is -0.476 e. The molecule has 3 heterocycles. The quantitative estimate of drug-likeness (QED) is 0.802. The van der Waals surface area contributed by atoms with Gasteiger partial charge in [-0.15, -0.1) is 0 Å². The third kappa shape index (κ3) is 2.17. The Morgan fingerprint density at radius 3 is 2.95 bits per heavy atom. The van der Waals surface area contributed by atoms with Crippen LogP contribution in [-0.2, 0) is 0 Å². The van der Waals surface area contributed by atoms with Crippen molar-refractivity contribution in [1.29, 1.82) is 0 Å². The van der Waals surface area contributed by atoms with Crippen LogP contribution in [0.1, 0.15) is 10.5 Å². The lowest BCUT2D eigenvalue weighted by Gasteiger charge is -2.03. The number of pyridine rings is 2. The number of aromatic nitrogens is 3. The summed E-state index contributed by atoms with van der Waals surface area (Å²) >= 11 is 5.81. The number of rotatable bonds is 3. The number of aromatic carboxylic acids is 1. The fourth-order valence-electron chi connectivity index (χ4n) is 1.80. The molecule has 0 amide bonds. The third-order valence-corrected chi connectivity index (χ3v) is 2.80. The van der Waals surface area contributed by atoms with Gasteiger partial charge in [-0.1, -0.05) is 17.7 Å². The Hall–Kier alpha value is -2.60. The number of carboxylic acids is 1. The van der Waals surface area contributed by atoms with Crippen molar-refractivity contribution in [3.63, 3.8) is 0 Å². The second kappa shape index (κ2) is 4.82. The van der Waals surface area contributed by atoms with E-state index >= 15 is 0 Å². The number of fused-ring (bicyclic) bond motifs is 1. The summed E-state index contributed by atoms with van der Waals surface area (Å²) < 4.78 is 6.92. The van der Waals surface area contributed by atoms with Crippen molar-refractivity contribution in [3.8, 4) is 11.6 Å². The van der Waals surface area contributed by atoms with Gasteiger partial charge in [-0.05, 0) is 12.1 Å². The van der Waals surface area contributed by atoms with E-state index in [1.165, 1.54) is 22.9 Å². The first-order chi connectivity index (χ1) is 9.65. The maximum Gasteiger partial charge on any atom is 0.358 e. The molecule has 0 saturated heterocycles. The van der Waals surface area contributed by atoms with Gasteiger partial charge in [0.2, 0.25) is 0 Å². The number of halogens is 1. The molecule has 100 valence electrons. The molecule has 0 aromatic carbocycles. The molecule has 0 bridgehead atoms. The Bertz CT molecular complexity index is 800. The fourth-order valence-corrected chi connectivity index (χ4v) is 1.96. The van der Waals surface area contributed by atoms with Gasteiger partial charge in [-0.2, -0.15) is 4.98 Å². The molecule has 0 spiro atoms. The summed E-state index contributed by atoms with van der Waals surface area (Å²) in [6.07, 6.45) is 4.49. The Morgan fingerprint density at radius 1 is 1.35 bits per heavy atom. The van der Waals surface area contributed by atoms with E-state index in [1.54, 1.807) is 24.4 Å². The number of carbonyl (C=O) groups is 1. The number of carboxylic acid groups (broad SMARTS) is 1. The molecule has 0 unspecified atom stereocenters. The first-order valence-corrected chi connectivity index (χ1v) is 6.02. The second-order valence-electron chi connectivity index (χ2n) is 3.94. The van der Waals surface area contributed by atoms with Gasteiger partial charge >= 0.3 is 5.97 Å². The molecular formula is C13H8ClN3O3. The molecule has 0 aliphatic heterocycles. The lowest BCUT2D eigenvalue weighted by Crippen LogP contribution is -2.03. The van der Waals surface area contributed by atoms with Crippen LogP contribution >= 0.6 is 11.6 Å². The molecule has 3 aromatic heterocycles. The minimum atomic E-state index is -1.13. The van der Waals surface area contributed by atoms with Crippen LogP contribution in [0.3, 0.4) is 0 Å². The van der Waals surface area contributed by atoms with Gasteiger partial charge in [0.15, 0.2) is 5.69 Å². The van der Waals surface area contributed by atoms with E-state index in [4.69, 9.17) is 16.3 Å². The van der Waals surface area contributed by atoms with Gasteiger partial charge in [0, 0.05) is 18.5 Å². The Balaban J connectivity index is 2.11. The SMILES string of the molecule is O=C(O)c1c(Oc2cncc(Cl)c2)nc2ccccn12. The van der Waals surface area contributed by atoms with Gasteiger partial charge < -0.3 is 9.84 Å². The van der Waals surface area contributed by atoms with Crippen molar-refractivity contribution in [2.75, 3.05) is 0 Å². The molecule has 1 N–H and O–H groups in total. The molecule has 0 radical (unpaired) electrons. The number of hydrogen-bond donors (Lipinski definition) is 1. The van der Waals surface area contributed by atoms with Gasteiger partial charge in [-0.25, -0.2) is 4.79 Å². The molecule has 20 heavy (non-hydrogen) atoms. The summed E-state index contributed by atoms with van der Waals surface area (Å²) in [4.78, 5) is 19.4. The van der Waals surface area contributed by atoms with Gasteiger partial charge in [0.25, 0.3) is 5.88 Å². The minimum absolute atomic E-state index is 0.00670. The molecule has 0 saturated carbocycles. The highest BCUT2D eigenvalue weighted by Crippen LogP contribution is 2.26. The third-order valence-electron chi connectivity index (χ3n) is 2.59. The maximum atomic E-state index is 11.4. The number of nitrogens with zero attached hydrogens (tertiary/aromatic N) is 3. The molecule has 3 rings (SSSR count). The van der Waals surface area contributed by atoms with E-state index in [9.17, 15) is 9.90 Å². The molecule has 3 aromatic rings. The van der Waals surface area contributed by atoms with E-state index in [-0.39, 0.29) is 11.6 Å². The number of hydrogen-bond acceptors (Lipinski definition) is 4. The van der Waals surface area contributed by atoms with Crippen LogP contribution in [0.25, 0.3) is 5.65 Å². The van der Waals surface area contributed by atoms with Crippen molar-refractivity contribution in [1.82, 2.24) is 14.4 Å². The van der Waals surface area contributed by atoms with Crippen LogP contribution in [0.5, 0.6) is 11.6 Å². The molecule has 0 fully saturated rings. The van der Waals surface area contributed by atoms with Crippen LogP contribution in [-0.4, -0.2) is 25.4 Å². The Morgan fingerprint density at radius 2 is 2.20 bits per heavy atom. The van der Waals surface area contributed by atoms with Crippen LogP contribution in [0.2, 0.25) is 5.02 Å². The summed E-state index contributed by atoms with van der Waals surface area (Å²) in [7, 11) is 0. The molecule has 7 heteroatoms. The summed E-state index contributed by atoms with van der Waals surface area (Å²) in [6.45, 7) is 0. The van der Waals surface area contributed by atoms with Crippen molar-refractivity contribution >= 4 is 23.2 Å². The van der Waals surface area contributed by atoms with E-state index in [2.05, 4.69) is 9.97 Å². The van der Waals surface area contributed by atoms with E-state index in [0.29, 0.717) is 16.4 Å². The maximum absolute atomic E-state index is 11.4.